The Morgan fingerprint density at radius 3 is 1.71 bits per heavy atom. The van der Waals surface area contributed by atoms with Gasteiger partial charge in [0, 0.05) is 0 Å². The van der Waals surface area contributed by atoms with E-state index in [1.54, 1.807) is 0 Å². The van der Waals surface area contributed by atoms with Gasteiger partial charge < -0.3 is 0 Å². The molecule has 0 radical (unpaired) electrons. The molecule has 0 aliphatic heterocycles. The first-order valence-electron chi connectivity index (χ1n) is 16.2. The number of benzene rings is 6. The molecule has 3 heterocycles. The van der Waals surface area contributed by atoms with Gasteiger partial charge in [-0.1, -0.05) is 0 Å². The minimum absolute atomic E-state index is 0.198. The number of hydrogen-bond acceptors (Lipinski definition) is 4. The number of fused-ring (bicyclic) bond motifs is 3. The summed E-state index contributed by atoms with van der Waals surface area (Å²) in [4.78, 5) is 4.87. The first-order chi connectivity index (χ1) is 24.3. The van der Waals surface area contributed by atoms with Crippen LogP contribution >= 0.6 is 0 Å². The average Bonchev–Trinajstić information content (AvgIpc) is 3.57. The van der Waals surface area contributed by atoms with Crippen LogP contribution in [0.25, 0.3) is 86.4 Å². The summed E-state index contributed by atoms with van der Waals surface area (Å²) in [6.45, 7) is 0. The summed E-state index contributed by atoms with van der Waals surface area (Å²) in [6, 6.07) is 57.6. The van der Waals surface area contributed by atoms with Crippen molar-refractivity contribution in [1.29, 1.82) is 0 Å². The van der Waals surface area contributed by atoms with Crippen LogP contribution in [0.2, 0.25) is 0 Å². The second-order valence-corrected chi connectivity index (χ2v) is 14.1. The Morgan fingerprint density at radius 2 is 1.00 bits per heavy atom. The molecule has 0 bridgehead atoms. The average molecular weight is 692 g/mol. The van der Waals surface area contributed by atoms with Gasteiger partial charge in [-0.25, -0.2) is 0 Å². The monoisotopic (exact) mass is 692 g/mol. The van der Waals surface area contributed by atoms with Gasteiger partial charge in [-0.3, -0.25) is 0 Å². The molecule has 0 N–H and O–H groups in total. The van der Waals surface area contributed by atoms with Crippen LogP contribution < -0.4 is 0 Å². The van der Waals surface area contributed by atoms with Gasteiger partial charge in [-0.05, 0) is 0 Å². The standard InChI is InChI=1S/C44H28N4Se/c1-4-15-29(16-5-1)32-22-14-23-35(39-33(30-17-6-2-7-18-30)26-27-38-41(39)34-21-10-11-25-37(34)49-38)40(32)44-42(36-24-12-13-28-45-36)43(46-48-47-44)31-19-8-3-9-20-31/h1-28H. The van der Waals surface area contributed by atoms with E-state index in [4.69, 9.17) is 10.1 Å². The first kappa shape index (κ1) is 29.2. The van der Waals surface area contributed by atoms with Crippen molar-refractivity contribution < 1.29 is 0 Å². The predicted molar refractivity (Wildman–Crippen MR) is 202 cm³/mol. The number of hydrogen-bond donors (Lipinski definition) is 0. The molecule has 3 aromatic heterocycles. The molecule has 0 aliphatic carbocycles. The van der Waals surface area contributed by atoms with E-state index in [-0.39, 0.29) is 14.5 Å². The van der Waals surface area contributed by atoms with Gasteiger partial charge in [0.25, 0.3) is 0 Å². The second-order valence-electron chi connectivity index (χ2n) is 11.9. The molecule has 9 aromatic rings. The SMILES string of the molecule is c1ccc(-c2cccc(-c3c(-c4ccccc4)ccc4[se]c5ccccc5c34)c2-c2nnnc(-c3ccccc3)c2-c2ccccn2)cc1. The molecule has 4 nitrogen and oxygen atoms in total. The molecule has 230 valence electrons. The Balaban J connectivity index is 1.47. The zero-order valence-corrected chi connectivity index (χ0v) is 28.1. The van der Waals surface area contributed by atoms with Gasteiger partial charge in [-0.2, -0.15) is 0 Å². The van der Waals surface area contributed by atoms with Crippen molar-refractivity contribution >= 4 is 33.8 Å². The molecule has 0 aliphatic rings. The van der Waals surface area contributed by atoms with Crippen molar-refractivity contribution in [3.05, 3.63) is 170 Å². The van der Waals surface area contributed by atoms with E-state index in [2.05, 4.69) is 138 Å². The molecule has 0 unspecified atom stereocenters. The topological polar surface area (TPSA) is 51.6 Å². The molecule has 9 rings (SSSR count). The van der Waals surface area contributed by atoms with Crippen LogP contribution in [0.4, 0.5) is 0 Å². The van der Waals surface area contributed by atoms with E-state index in [1.165, 1.54) is 36.0 Å². The molecular formula is C44H28N4Se. The molecular weight excluding hydrogens is 663 g/mol. The van der Waals surface area contributed by atoms with E-state index >= 15 is 0 Å². The van der Waals surface area contributed by atoms with Gasteiger partial charge in [0.05, 0.1) is 0 Å². The molecule has 49 heavy (non-hydrogen) atoms. The van der Waals surface area contributed by atoms with Gasteiger partial charge in [0.2, 0.25) is 0 Å². The Bertz CT molecular complexity index is 2580. The predicted octanol–water partition coefficient (Wildman–Crippen LogP) is 10.6. The van der Waals surface area contributed by atoms with E-state index in [0.29, 0.717) is 0 Å². The van der Waals surface area contributed by atoms with Crippen molar-refractivity contribution in [3.63, 3.8) is 0 Å². The summed E-state index contributed by atoms with van der Waals surface area (Å²) in [5, 5.41) is 16.7. The molecule has 6 aromatic carbocycles. The molecule has 5 heteroatoms. The molecule has 0 spiro atoms. The van der Waals surface area contributed by atoms with E-state index in [0.717, 1.165) is 50.5 Å². The maximum atomic E-state index is 4.93. The maximum absolute atomic E-state index is 4.93. The Hall–Kier alpha value is -6.00. The fraction of sp³-hybridized carbons (Fsp3) is 0. The fourth-order valence-corrected chi connectivity index (χ4v) is 9.22. The van der Waals surface area contributed by atoms with Crippen molar-refractivity contribution in [3.8, 4) is 67.2 Å². The van der Waals surface area contributed by atoms with Crippen molar-refractivity contribution in [2.45, 2.75) is 0 Å². The van der Waals surface area contributed by atoms with Crippen LogP contribution in [0.15, 0.2) is 170 Å². The van der Waals surface area contributed by atoms with Crippen LogP contribution in [0.3, 0.4) is 0 Å². The summed E-state index contributed by atoms with van der Waals surface area (Å²) in [5.74, 6) is 0. The third-order valence-electron chi connectivity index (χ3n) is 9.01. The second kappa shape index (κ2) is 12.6. The quantitative estimate of drug-likeness (QED) is 0.163. The van der Waals surface area contributed by atoms with E-state index in [1.807, 2.05) is 42.6 Å². The van der Waals surface area contributed by atoms with Crippen LogP contribution in [0.1, 0.15) is 0 Å². The van der Waals surface area contributed by atoms with Gasteiger partial charge in [-0.15, -0.1) is 0 Å². The fourth-order valence-electron chi connectivity index (χ4n) is 6.88. The Labute approximate surface area is 290 Å². The summed E-state index contributed by atoms with van der Waals surface area (Å²) in [5.41, 5.74) is 11.9. The van der Waals surface area contributed by atoms with E-state index in [9.17, 15) is 0 Å². The summed E-state index contributed by atoms with van der Waals surface area (Å²) in [7, 11) is 0. The Morgan fingerprint density at radius 1 is 0.388 bits per heavy atom. The summed E-state index contributed by atoms with van der Waals surface area (Å²) < 4.78 is 2.79. The normalized spacial score (nSPS) is 11.3. The number of rotatable bonds is 6. The molecule has 0 atom stereocenters. The third kappa shape index (κ3) is 5.17. The third-order valence-corrected chi connectivity index (χ3v) is 11.4. The van der Waals surface area contributed by atoms with E-state index < -0.39 is 0 Å². The van der Waals surface area contributed by atoms with Gasteiger partial charge in [0.15, 0.2) is 0 Å². The van der Waals surface area contributed by atoms with Crippen LogP contribution in [-0.4, -0.2) is 34.9 Å². The van der Waals surface area contributed by atoms with Crippen molar-refractivity contribution in [2.24, 2.45) is 0 Å². The summed E-state index contributed by atoms with van der Waals surface area (Å²) in [6.07, 6.45) is 1.83. The van der Waals surface area contributed by atoms with Crippen LogP contribution in [0, 0.1) is 0 Å². The molecule has 0 fully saturated rings. The van der Waals surface area contributed by atoms with Crippen molar-refractivity contribution in [1.82, 2.24) is 20.4 Å². The van der Waals surface area contributed by atoms with Gasteiger partial charge in [0.1, 0.15) is 0 Å². The first-order valence-corrected chi connectivity index (χ1v) is 18.0. The molecule has 0 saturated carbocycles. The molecule has 0 saturated heterocycles. The van der Waals surface area contributed by atoms with Crippen molar-refractivity contribution in [2.75, 3.05) is 0 Å². The number of aromatic nitrogens is 4. The number of pyridine rings is 1. The van der Waals surface area contributed by atoms with Crippen LogP contribution in [0.5, 0.6) is 0 Å². The Kier molecular flexibility index (Phi) is 7.47. The summed E-state index contributed by atoms with van der Waals surface area (Å²) >= 11 is 0.198. The zero-order valence-electron chi connectivity index (χ0n) is 26.4. The van der Waals surface area contributed by atoms with Gasteiger partial charge >= 0.3 is 291 Å². The molecule has 0 amide bonds. The number of nitrogens with zero attached hydrogens (tertiary/aromatic N) is 4. The zero-order chi connectivity index (χ0) is 32.6. The minimum atomic E-state index is 0.198. The van der Waals surface area contributed by atoms with Crippen LogP contribution in [-0.2, 0) is 0 Å².